The number of hydrogen-bond acceptors (Lipinski definition) is 6. The SMILES string of the molecule is Cc1ccc(NC(=O)NC(=O)COC(=O)c2ccc(=O)n(C)n2)c(C)c1. The van der Waals surface area contributed by atoms with Crippen molar-refractivity contribution in [2.45, 2.75) is 13.8 Å². The third kappa shape index (κ3) is 5.00. The maximum Gasteiger partial charge on any atom is 0.359 e. The Morgan fingerprint density at radius 3 is 2.54 bits per heavy atom. The molecule has 1 heterocycles. The second kappa shape index (κ2) is 8.06. The van der Waals surface area contributed by atoms with Crippen molar-refractivity contribution in [1.82, 2.24) is 15.1 Å². The minimum absolute atomic E-state index is 0.125. The summed E-state index contributed by atoms with van der Waals surface area (Å²) >= 11 is 0. The van der Waals surface area contributed by atoms with E-state index in [0.717, 1.165) is 21.9 Å². The van der Waals surface area contributed by atoms with E-state index in [1.54, 1.807) is 6.07 Å². The van der Waals surface area contributed by atoms with Gasteiger partial charge in [0, 0.05) is 18.8 Å². The van der Waals surface area contributed by atoms with Crippen LogP contribution in [0.15, 0.2) is 35.1 Å². The summed E-state index contributed by atoms with van der Waals surface area (Å²) in [7, 11) is 1.38. The zero-order chi connectivity index (χ0) is 19.3. The summed E-state index contributed by atoms with van der Waals surface area (Å²) in [6.45, 7) is 3.09. The molecular formula is C17H18N4O5. The second-order valence-corrected chi connectivity index (χ2v) is 5.58. The third-order valence-electron chi connectivity index (χ3n) is 3.39. The summed E-state index contributed by atoms with van der Waals surface area (Å²) in [6.07, 6.45) is 0. The number of benzene rings is 1. The van der Waals surface area contributed by atoms with Crippen LogP contribution in [0.1, 0.15) is 21.6 Å². The molecule has 136 valence electrons. The average Bonchev–Trinajstić information content (AvgIpc) is 2.57. The lowest BCUT2D eigenvalue weighted by Crippen LogP contribution is -2.37. The Morgan fingerprint density at radius 1 is 1.15 bits per heavy atom. The van der Waals surface area contributed by atoms with Gasteiger partial charge < -0.3 is 10.1 Å². The van der Waals surface area contributed by atoms with E-state index in [-0.39, 0.29) is 11.3 Å². The van der Waals surface area contributed by atoms with Gasteiger partial charge in [0.2, 0.25) is 0 Å². The van der Waals surface area contributed by atoms with Crippen LogP contribution in [0.2, 0.25) is 0 Å². The zero-order valence-corrected chi connectivity index (χ0v) is 14.5. The van der Waals surface area contributed by atoms with E-state index >= 15 is 0 Å². The lowest BCUT2D eigenvalue weighted by molar-refractivity contribution is -0.123. The molecule has 2 N–H and O–H groups in total. The summed E-state index contributed by atoms with van der Waals surface area (Å²) in [6, 6.07) is 7.04. The number of carbonyl (C=O) groups is 3. The quantitative estimate of drug-likeness (QED) is 0.784. The van der Waals surface area contributed by atoms with Gasteiger partial charge in [-0.2, -0.15) is 5.10 Å². The highest BCUT2D eigenvalue weighted by atomic mass is 16.5. The molecule has 0 bridgehead atoms. The molecule has 0 spiro atoms. The van der Waals surface area contributed by atoms with E-state index in [2.05, 4.69) is 15.7 Å². The van der Waals surface area contributed by atoms with Crippen molar-refractivity contribution >= 4 is 23.6 Å². The number of esters is 1. The van der Waals surface area contributed by atoms with E-state index < -0.39 is 24.5 Å². The normalized spacial score (nSPS) is 10.1. The Morgan fingerprint density at radius 2 is 1.88 bits per heavy atom. The van der Waals surface area contributed by atoms with Crippen molar-refractivity contribution in [2.24, 2.45) is 7.05 Å². The first kappa shape index (κ1) is 18.8. The molecule has 9 heteroatoms. The number of urea groups is 1. The number of nitrogens with zero attached hydrogens (tertiary/aromatic N) is 2. The summed E-state index contributed by atoms with van der Waals surface area (Å²) in [5.41, 5.74) is 1.94. The fourth-order valence-electron chi connectivity index (χ4n) is 2.09. The van der Waals surface area contributed by atoms with Crippen LogP contribution in [0.5, 0.6) is 0 Å². The van der Waals surface area contributed by atoms with Crippen molar-refractivity contribution in [3.05, 3.63) is 57.5 Å². The molecule has 0 radical (unpaired) electrons. The number of hydrogen-bond donors (Lipinski definition) is 2. The molecule has 0 saturated heterocycles. The Hall–Kier alpha value is -3.49. The number of imide groups is 1. The number of amides is 3. The van der Waals surface area contributed by atoms with Crippen LogP contribution >= 0.6 is 0 Å². The summed E-state index contributed by atoms with van der Waals surface area (Å²) < 4.78 is 5.73. The fraction of sp³-hybridized carbons (Fsp3) is 0.235. The highest BCUT2D eigenvalue weighted by molar-refractivity contribution is 6.02. The third-order valence-corrected chi connectivity index (χ3v) is 3.39. The minimum Gasteiger partial charge on any atom is -0.451 e. The Kier molecular flexibility index (Phi) is 5.84. The van der Waals surface area contributed by atoms with Crippen LogP contribution in [0.4, 0.5) is 10.5 Å². The molecule has 2 rings (SSSR count). The monoisotopic (exact) mass is 358 g/mol. The van der Waals surface area contributed by atoms with Crippen molar-refractivity contribution in [2.75, 3.05) is 11.9 Å². The number of nitrogens with one attached hydrogen (secondary N) is 2. The molecule has 2 aromatic rings. The summed E-state index contributed by atoms with van der Waals surface area (Å²) in [5.74, 6) is -1.68. The highest BCUT2D eigenvalue weighted by Crippen LogP contribution is 2.15. The van der Waals surface area contributed by atoms with Crippen molar-refractivity contribution in [1.29, 1.82) is 0 Å². The number of rotatable bonds is 4. The van der Waals surface area contributed by atoms with Crippen LogP contribution in [0.3, 0.4) is 0 Å². The lowest BCUT2D eigenvalue weighted by Gasteiger charge is -2.10. The van der Waals surface area contributed by atoms with Gasteiger partial charge in [-0.05, 0) is 31.5 Å². The Labute approximate surface area is 149 Å². The minimum atomic E-state index is -0.884. The van der Waals surface area contributed by atoms with Crippen LogP contribution < -0.4 is 16.2 Å². The fourth-order valence-corrected chi connectivity index (χ4v) is 2.09. The van der Waals surface area contributed by atoms with Gasteiger partial charge in [-0.3, -0.25) is 14.9 Å². The van der Waals surface area contributed by atoms with Crippen LogP contribution in [-0.4, -0.2) is 34.3 Å². The molecule has 1 aromatic heterocycles. The summed E-state index contributed by atoms with van der Waals surface area (Å²) in [5, 5.41) is 8.30. The molecular weight excluding hydrogens is 340 g/mol. The summed E-state index contributed by atoms with van der Waals surface area (Å²) in [4.78, 5) is 46.5. The maximum absolute atomic E-state index is 11.8. The van der Waals surface area contributed by atoms with Gasteiger partial charge in [0.1, 0.15) is 0 Å². The van der Waals surface area contributed by atoms with Crippen LogP contribution in [-0.2, 0) is 16.6 Å². The molecule has 0 unspecified atom stereocenters. The predicted octanol–water partition coefficient (Wildman–Crippen LogP) is 0.902. The first-order valence-corrected chi connectivity index (χ1v) is 7.66. The number of aromatic nitrogens is 2. The zero-order valence-electron chi connectivity index (χ0n) is 14.5. The molecule has 9 nitrogen and oxygen atoms in total. The van der Waals surface area contributed by atoms with E-state index in [4.69, 9.17) is 4.74 Å². The Balaban J connectivity index is 1.85. The molecule has 1 aromatic carbocycles. The van der Waals surface area contributed by atoms with Crippen molar-refractivity contribution in [3.63, 3.8) is 0 Å². The van der Waals surface area contributed by atoms with E-state index in [0.29, 0.717) is 5.69 Å². The molecule has 0 fully saturated rings. The maximum atomic E-state index is 11.8. The van der Waals surface area contributed by atoms with Crippen molar-refractivity contribution in [3.8, 4) is 0 Å². The first-order chi connectivity index (χ1) is 12.3. The number of anilines is 1. The first-order valence-electron chi connectivity index (χ1n) is 7.66. The Bertz CT molecular complexity index is 920. The van der Waals surface area contributed by atoms with E-state index in [1.165, 1.54) is 13.1 Å². The van der Waals surface area contributed by atoms with Crippen molar-refractivity contribution < 1.29 is 19.1 Å². The van der Waals surface area contributed by atoms with Gasteiger partial charge in [-0.15, -0.1) is 0 Å². The second-order valence-electron chi connectivity index (χ2n) is 5.58. The molecule has 0 aliphatic rings. The largest absolute Gasteiger partial charge is 0.451 e. The van der Waals surface area contributed by atoms with Crippen LogP contribution in [0, 0.1) is 13.8 Å². The van der Waals surface area contributed by atoms with Gasteiger partial charge in [0.15, 0.2) is 12.3 Å². The average molecular weight is 358 g/mol. The molecule has 0 aliphatic carbocycles. The van der Waals surface area contributed by atoms with E-state index in [9.17, 15) is 19.2 Å². The standard InChI is InChI=1S/C17H18N4O5/c1-10-4-5-12(11(2)8-10)18-17(25)19-14(22)9-26-16(24)13-6-7-15(23)21(3)20-13/h4-8H,9H2,1-3H3,(H2,18,19,22,25). The van der Waals surface area contributed by atoms with Gasteiger partial charge >= 0.3 is 12.0 Å². The van der Waals surface area contributed by atoms with Gasteiger partial charge in [0.05, 0.1) is 0 Å². The highest BCUT2D eigenvalue weighted by Gasteiger charge is 2.14. The molecule has 3 amide bonds. The van der Waals surface area contributed by atoms with Gasteiger partial charge in [-0.25, -0.2) is 14.3 Å². The number of carbonyl (C=O) groups excluding carboxylic acids is 3. The lowest BCUT2D eigenvalue weighted by atomic mass is 10.1. The smallest absolute Gasteiger partial charge is 0.359 e. The number of aryl methyl sites for hydroxylation is 3. The molecule has 26 heavy (non-hydrogen) atoms. The predicted molar refractivity (Wildman–Crippen MR) is 92.8 cm³/mol. The van der Waals surface area contributed by atoms with Gasteiger partial charge in [0.25, 0.3) is 11.5 Å². The topological polar surface area (TPSA) is 119 Å². The number of ether oxygens (including phenoxy) is 1. The van der Waals surface area contributed by atoms with E-state index in [1.807, 2.05) is 26.0 Å². The molecule has 0 saturated carbocycles. The van der Waals surface area contributed by atoms with Gasteiger partial charge in [-0.1, -0.05) is 17.7 Å². The molecule has 0 aliphatic heterocycles. The van der Waals surface area contributed by atoms with Crippen LogP contribution in [0.25, 0.3) is 0 Å². The molecule has 0 atom stereocenters.